The number of ketones is 1. The van der Waals surface area contributed by atoms with Crippen molar-refractivity contribution >= 4 is 29.4 Å². The first-order valence-electron chi connectivity index (χ1n) is 7.39. The van der Waals surface area contributed by atoms with E-state index in [2.05, 4.69) is 20.3 Å². The number of anilines is 2. The van der Waals surface area contributed by atoms with Crippen LogP contribution in [0.4, 0.5) is 11.7 Å². The molecule has 2 rings (SSSR count). The van der Waals surface area contributed by atoms with E-state index in [9.17, 15) is 14.4 Å². The molecule has 25 heavy (non-hydrogen) atoms. The molecule has 0 saturated heterocycles. The third kappa shape index (κ3) is 3.82. The van der Waals surface area contributed by atoms with E-state index >= 15 is 0 Å². The molecule has 9 heteroatoms. The number of aromatic nitrogens is 2. The van der Waals surface area contributed by atoms with Crippen molar-refractivity contribution in [2.45, 2.75) is 20.8 Å². The number of ether oxygens (including phenoxy) is 2. The molecule has 0 fully saturated rings. The molecule has 0 unspecified atom stereocenters. The van der Waals surface area contributed by atoms with Gasteiger partial charge in [-0.05, 0) is 32.9 Å². The molecule has 2 aromatic rings. The van der Waals surface area contributed by atoms with Gasteiger partial charge in [-0.25, -0.2) is 9.59 Å². The predicted molar refractivity (Wildman–Crippen MR) is 86.1 cm³/mol. The monoisotopic (exact) mass is 347 g/mol. The standard InChI is InChI=1S/C16H17N3O6/c1-5-24-16(22)13-12(8(2)20)9(3)25-14(13)17-11-7-6-10(18-19-11)15(21)23-4/h6-7H,5H2,1-4H3,(H,17,19). The van der Waals surface area contributed by atoms with Gasteiger partial charge in [0.2, 0.25) is 5.88 Å². The highest BCUT2D eigenvalue weighted by Crippen LogP contribution is 2.30. The Balaban J connectivity index is 2.39. The maximum Gasteiger partial charge on any atom is 0.358 e. The minimum atomic E-state index is -0.689. The van der Waals surface area contributed by atoms with Crippen LogP contribution in [-0.2, 0) is 9.47 Å². The SMILES string of the molecule is CCOC(=O)c1c(Nc2ccc(C(=O)OC)nn2)oc(C)c1C(C)=O. The highest BCUT2D eigenvalue weighted by molar-refractivity contribution is 6.09. The Morgan fingerprint density at radius 3 is 2.40 bits per heavy atom. The summed E-state index contributed by atoms with van der Waals surface area (Å²) in [6.45, 7) is 4.70. The van der Waals surface area contributed by atoms with Gasteiger partial charge in [-0.1, -0.05) is 0 Å². The fraction of sp³-hybridized carbons (Fsp3) is 0.312. The number of aryl methyl sites for hydroxylation is 1. The van der Waals surface area contributed by atoms with Crippen LogP contribution in [0.25, 0.3) is 0 Å². The van der Waals surface area contributed by atoms with Gasteiger partial charge in [-0.3, -0.25) is 4.79 Å². The highest BCUT2D eigenvalue weighted by atomic mass is 16.5. The molecule has 9 nitrogen and oxygen atoms in total. The van der Waals surface area contributed by atoms with Crippen LogP contribution < -0.4 is 5.32 Å². The number of rotatable bonds is 6. The zero-order chi connectivity index (χ0) is 18.6. The van der Waals surface area contributed by atoms with Crippen LogP contribution in [0.3, 0.4) is 0 Å². The lowest BCUT2D eigenvalue weighted by molar-refractivity contribution is 0.0523. The smallest absolute Gasteiger partial charge is 0.358 e. The first kappa shape index (κ1) is 18.1. The molecular formula is C16H17N3O6. The lowest BCUT2D eigenvalue weighted by atomic mass is 10.1. The normalized spacial score (nSPS) is 10.2. The molecule has 0 aliphatic carbocycles. The highest BCUT2D eigenvalue weighted by Gasteiger charge is 2.28. The van der Waals surface area contributed by atoms with E-state index in [1.54, 1.807) is 13.8 Å². The first-order chi connectivity index (χ1) is 11.9. The molecule has 0 aromatic carbocycles. The molecule has 0 bridgehead atoms. The Labute approximate surface area is 143 Å². The number of carbonyl (C=O) groups excluding carboxylic acids is 3. The summed E-state index contributed by atoms with van der Waals surface area (Å²) in [6.07, 6.45) is 0. The zero-order valence-electron chi connectivity index (χ0n) is 14.2. The molecule has 0 saturated carbocycles. The largest absolute Gasteiger partial charge is 0.464 e. The lowest BCUT2D eigenvalue weighted by Gasteiger charge is -2.06. The summed E-state index contributed by atoms with van der Waals surface area (Å²) < 4.78 is 15.0. The number of nitrogens with zero attached hydrogens (tertiary/aromatic N) is 2. The van der Waals surface area contributed by atoms with Crippen molar-refractivity contribution in [2.75, 3.05) is 19.0 Å². The number of Topliss-reactive ketones (excluding diaryl/α,β-unsaturated/α-hetero) is 1. The maximum absolute atomic E-state index is 12.2. The molecule has 0 aliphatic heterocycles. The van der Waals surface area contributed by atoms with Crippen LogP contribution >= 0.6 is 0 Å². The van der Waals surface area contributed by atoms with E-state index in [0.717, 1.165) is 0 Å². The van der Waals surface area contributed by atoms with Gasteiger partial charge in [0.15, 0.2) is 17.3 Å². The van der Waals surface area contributed by atoms with Crippen molar-refractivity contribution < 1.29 is 28.3 Å². The topological polar surface area (TPSA) is 121 Å². The van der Waals surface area contributed by atoms with Crippen molar-refractivity contribution in [3.05, 3.63) is 34.7 Å². The van der Waals surface area contributed by atoms with E-state index in [4.69, 9.17) is 9.15 Å². The summed E-state index contributed by atoms with van der Waals surface area (Å²) in [5, 5.41) is 10.3. The molecule has 2 aromatic heterocycles. The van der Waals surface area contributed by atoms with Crippen molar-refractivity contribution in [2.24, 2.45) is 0 Å². The van der Waals surface area contributed by atoms with Crippen LogP contribution in [0.15, 0.2) is 16.5 Å². The van der Waals surface area contributed by atoms with E-state index in [1.807, 2.05) is 0 Å². The second-order valence-electron chi connectivity index (χ2n) is 4.93. The molecule has 0 aliphatic rings. The number of furan rings is 1. The van der Waals surface area contributed by atoms with E-state index in [-0.39, 0.29) is 46.7 Å². The van der Waals surface area contributed by atoms with E-state index in [0.29, 0.717) is 0 Å². The van der Waals surface area contributed by atoms with Gasteiger partial charge < -0.3 is 19.2 Å². The predicted octanol–water partition coefficient (Wildman–Crippen LogP) is 2.29. The molecule has 0 atom stereocenters. The number of hydrogen-bond acceptors (Lipinski definition) is 9. The number of esters is 2. The summed E-state index contributed by atoms with van der Waals surface area (Å²) in [6, 6.07) is 2.85. The molecule has 132 valence electrons. The third-order valence-electron chi connectivity index (χ3n) is 3.22. The lowest BCUT2D eigenvalue weighted by Crippen LogP contribution is -2.11. The van der Waals surface area contributed by atoms with E-state index in [1.165, 1.54) is 26.2 Å². The van der Waals surface area contributed by atoms with Gasteiger partial charge >= 0.3 is 11.9 Å². The number of methoxy groups -OCH3 is 1. The quantitative estimate of drug-likeness (QED) is 0.619. The molecule has 1 N–H and O–H groups in total. The summed E-state index contributed by atoms with van der Waals surface area (Å²) in [5.74, 6) is -1.14. The average Bonchev–Trinajstić information content (AvgIpc) is 2.91. The Morgan fingerprint density at radius 2 is 1.88 bits per heavy atom. The zero-order valence-corrected chi connectivity index (χ0v) is 14.2. The molecule has 2 heterocycles. The fourth-order valence-corrected chi connectivity index (χ4v) is 2.18. The number of nitrogens with one attached hydrogen (secondary N) is 1. The van der Waals surface area contributed by atoms with Crippen LogP contribution in [0.5, 0.6) is 0 Å². The van der Waals surface area contributed by atoms with Gasteiger partial charge in [0.25, 0.3) is 0 Å². The van der Waals surface area contributed by atoms with Gasteiger partial charge in [0.05, 0.1) is 19.3 Å². The minimum absolute atomic E-state index is 0.00862. The Hall–Kier alpha value is -3.23. The molecule has 0 amide bonds. The Kier molecular flexibility index (Phi) is 5.48. The first-order valence-corrected chi connectivity index (χ1v) is 7.39. The molecule has 0 spiro atoms. The summed E-state index contributed by atoms with van der Waals surface area (Å²) >= 11 is 0. The fourth-order valence-electron chi connectivity index (χ4n) is 2.18. The minimum Gasteiger partial charge on any atom is -0.464 e. The van der Waals surface area contributed by atoms with Gasteiger partial charge in [-0.15, -0.1) is 10.2 Å². The molecule has 0 radical (unpaired) electrons. The summed E-state index contributed by atoms with van der Waals surface area (Å²) in [7, 11) is 1.23. The summed E-state index contributed by atoms with van der Waals surface area (Å²) in [4.78, 5) is 35.4. The van der Waals surface area contributed by atoms with Crippen LogP contribution in [0.1, 0.15) is 50.8 Å². The average molecular weight is 347 g/mol. The van der Waals surface area contributed by atoms with Gasteiger partial charge in [0, 0.05) is 0 Å². The molecular weight excluding hydrogens is 330 g/mol. The van der Waals surface area contributed by atoms with Crippen molar-refractivity contribution in [1.82, 2.24) is 10.2 Å². The number of carbonyl (C=O) groups is 3. The Morgan fingerprint density at radius 1 is 1.16 bits per heavy atom. The third-order valence-corrected chi connectivity index (χ3v) is 3.22. The summed E-state index contributed by atoms with van der Waals surface area (Å²) in [5.41, 5.74) is 0.157. The van der Waals surface area contributed by atoms with Gasteiger partial charge in [0.1, 0.15) is 11.3 Å². The second kappa shape index (κ2) is 7.56. The van der Waals surface area contributed by atoms with Crippen LogP contribution in [-0.4, -0.2) is 41.6 Å². The van der Waals surface area contributed by atoms with Crippen LogP contribution in [0, 0.1) is 6.92 Å². The maximum atomic E-state index is 12.2. The van der Waals surface area contributed by atoms with Gasteiger partial charge in [-0.2, -0.15) is 0 Å². The van der Waals surface area contributed by atoms with Crippen molar-refractivity contribution in [1.29, 1.82) is 0 Å². The van der Waals surface area contributed by atoms with E-state index < -0.39 is 11.9 Å². The Bertz CT molecular complexity index is 810. The van der Waals surface area contributed by atoms with Crippen molar-refractivity contribution in [3.8, 4) is 0 Å². The van der Waals surface area contributed by atoms with Crippen molar-refractivity contribution in [3.63, 3.8) is 0 Å². The number of hydrogen-bond donors (Lipinski definition) is 1. The van der Waals surface area contributed by atoms with Crippen LogP contribution in [0.2, 0.25) is 0 Å². The second-order valence-corrected chi connectivity index (χ2v) is 4.93.